The molecule has 10 nitrogen and oxygen atoms in total. The molecule has 0 fully saturated rings. The Hall–Kier alpha value is -3.19. The number of anilines is 3. The van der Waals surface area contributed by atoms with Gasteiger partial charge in [0, 0.05) is 11.8 Å². The van der Waals surface area contributed by atoms with Crippen LogP contribution in [0.5, 0.6) is 11.5 Å². The maximum Gasteiger partial charge on any atom is 0.261 e. The van der Waals surface area contributed by atoms with Crippen molar-refractivity contribution in [1.82, 2.24) is 0 Å². The number of carbonyl (C=O) groups excluding carboxylic acids is 1. The van der Waals surface area contributed by atoms with Crippen LogP contribution in [0.15, 0.2) is 65.6 Å². The number of rotatable bonds is 8. The fourth-order valence-corrected chi connectivity index (χ4v) is 5.60. The molecule has 0 saturated heterocycles. The molecule has 1 aliphatic heterocycles. The molecule has 14 heteroatoms. The van der Waals surface area contributed by atoms with E-state index in [0.29, 0.717) is 11.5 Å². The first-order chi connectivity index (χ1) is 16.9. The third-order valence-corrected chi connectivity index (χ3v) is 8.32. The van der Waals surface area contributed by atoms with E-state index < -0.39 is 32.5 Å². The maximum absolute atomic E-state index is 12.7. The van der Waals surface area contributed by atoms with Gasteiger partial charge < -0.3 is 14.8 Å². The molecule has 1 amide bonds. The van der Waals surface area contributed by atoms with Crippen LogP contribution in [0.4, 0.5) is 17.1 Å². The number of nitrogens with zero attached hydrogens (tertiary/aromatic N) is 1. The second kappa shape index (κ2) is 10.1. The van der Waals surface area contributed by atoms with Crippen molar-refractivity contribution in [3.8, 4) is 11.5 Å². The molecule has 0 atom stereocenters. The Bertz CT molecular complexity index is 1530. The van der Waals surface area contributed by atoms with Crippen LogP contribution >= 0.6 is 23.2 Å². The van der Waals surface area contributed by atoms with Crippen LogP contribution in [-0.2, 0) is 24.8 Å². The summed E-state index contributed by atoms with van der Waals surface area (Å²) < 4.78 is 63.9. The predicted octanol–water partition coefficient (Wildman–Crippen LogP) is 3.93. The van der Waals surface area contributed by atoms with Crippen LogP contribution in [0.1, 0.15) is 0 Å². The van der Waals surface area contributed by atoms with Gasteiger partial charge in [-0.05, 0) is 48.5 Å². The molecule has 2 N–H and O–H groups in total. The lowest BCUT2D eigenvalue weighted by atomic mass is 10.2. The molecule has 4 rings (SSSR count). The number of carbonyl (C=O) groups is 1. The minimum absolute atomic E-state index is 0.0194. The quantitative estimate of drug-likeness (QED) is 0.418. The Morgan fingerprint density at radius 3 is 2.36 bits per heavy atom. The summed E-state index contributed by atoms with van der Waals surface area (Å²) in [6.45, 7) is -0.501. The average Bonchev–Trinajstić information content (AvgIpc) is 3.28. The van der Waals surface area contributed by atoms with Gasteiger partial charge in [-0.15, -0.1) is 0 Å². The monoisotopic (exact) mass is 571 g/mol. The number of hydrogen-bond donors (Lipinski definition) is 2. The smallest absolute Gasteiger partial charge is 0.261 e. The fourth-order valence-electron chi connectivity index (χ4n) is 3.28. The summed E-state index contributed by atoms with van der Waals surface area (Å²) in [5.74, 6) is 0.197. The van der Waals surface area contributed by atoms with Gasteiger partial charge in [0.05, 0.1) is 32.6 Å². The first-order valence-corrected chi connectivity index (χ1v) is 14.3. The van der Waals surface area contributed by atoms with Crippen molar-refractivity contribution >= 4 is 66.2 Å². The van der Waals surface area contributed by atoms with E-state index in [0.717, 1.165) is 10.6 Å². The van der Waals surface area contributed by atoms with E-state index in [9.17, 15) is 21.6 Å². The van der Waals surface area contributed by atoms with Crippen LogP contribution in [0.2, 0.25) is 10.0 Å². The molecule has 0 saturated carbocycles. The number of nitrogens with one attached hydrogen (secondary N) is 2. The topological polar surface area (TPSA) is 131 Å². The summed E-state index contributed by atoms with van der Waals surface area (Å²) in [4.78, 5) is 12.5. The van der Waals surface area contributed by atoms with Crippen molar-refractivity contribution in [3.63, 3.8) is 0 Å². The van der Waals surface area contributed by atoms with Gasteiger partial charge in [-0.2, -0.15) is 0 Å². The zero-order valence-corrected chi connectivity index (χ0v) is 21.7. The number of sulfonamides is 2. The lowest BCUT2D eigenvalue weighted by Gasteiger charge is -2.22. The first kappa shape index (κ1) is 25.9. The molecular formula is C22H19Cl2N3O7S2. The summed E-state index contributed by atoms with van der Waals surface area (Å²) >= 11 is 12.0. The van der Waals surface area contributed by atoms with Gasteiger partial charge in [-0.3, -0.25) is 13.8 Å². The lowest BCUT2D eigenvalue weighted by molar-refractivity contribution is -0.114. The summed E-state index contributed by atoms with van der Waals surface area (Å²) in [6, 6.07) is 14.4. The van der Waals surface area contributed by atoms with Crippen molar-refractivity contribution in [3.05, 3.63) is 70.7 Å². The molecule has 3 aromatic carbocycles. The van der Waals surface area contributed by atoms with Crippen molar-refractivity contribution in [2.45, 2.75) is 4.90 Å². The van der Waals surface area contributed by atoms with E-state index in [4.69, 9.17) is 32.7 Å². The summed E-state index contributed by atoms with van der Waals surface area (Å²) in [6.07, 6.45) is 0.976. The second-order valence-electron chi connectivity index (χ2n) is 7.59. The number of amides is 1. The molecule has 0 bridgehead atoms. The van der Waals surface area contributed by atoms with Gasteiger partial charge >= 0.3 is 0 Å². The Labute approximate surface area is 217 Å². The zero-order chi connectivity index (χ0) is 26.1. The van der Waals surface area contributed by atoms with Gasteiger partial charge in [0.1, 0.15) is 6.54 Å². The summed E-state index contributed by atoms with van der Waals surface area (Å²) in [5, 5.41) is 2.81. The van der Waals surface area contributed by atoms with E-state index in [1.807, 2.05) is 0 Å². The summed E-state index contributed by atoms with van der Waals surface area (Å²) in [7, 11) is -7.81. The van der Waals surface area contributed by atoms with Crippen LogP contribution in [0, 0.1) is 0 Å². The minimum Gasteiger partial charge on any atom is -0.454 e. The van der Waals surface area contributed by atoms with E-state index in [1.54, 1.807) is 12.1 Å². The number of fused-ring (bicyclic) bond motifs is 1. The molecule has 0 radical (unpaired) electrons. The fraction of sp³-hybridized carbons (Fsp3) is 0.136. The van der Waals surface area contributed by atoms with Gasteiger partial charge in [-0.1, -0.05) is 29.3 Å². The SMILES string of the molecule is CS(=O)(=O)N(CC(=O)Nc1ccc(S(=O)(=O)Nc2cccc(Cl)c2Cl)cc1)c1ccc2c(c1)OCO2. The molecule has 0 aromatic heterocycles. The number of halogens is 2. The molecule has 3 aromatic rings. The van der Waals surface area contributed by atoms with Crippen molar-refractivity contribution < 1.29 is 31.1 Å². The molecule has 36 heavy (non-hydrogen) atoms. The molecule has 1 heterocycles. The minimum atomic E-state index is -3.99. The van der Waals surface area contributed by atoms with Crippen LogP contribution in [-0.4, -0.2) is 42.3 Å². The Morgan fingerprint density at radius 1 is 0.972 bits per heavy atom. The Kier molecular flexibility index (Phi) is 7.23. The number of ether oxygens (including phenoxy) is 2. The molecule has 1 aliphatic rings. The van der Waals surface area contributed by atoms with Gasteiger partial charge in [-0.25, -0.2) is 16.8 Å². The second-order valence-corrected chi connectivity index (χ2v) is 12.0. The van der Waals surface area contributed by atoms with E-state index in [2.05, 4.69) is 10.0 Å². The molecule has 0 aliphatic carbocycles. The molecule has 0 spiro atoms. The van der Waals surface area contributed by atoms with E-state index in [-0.39, 0.29) is 38.8 Å². The van der Waals surface area contributed by atoms with Gasteiger partial charge in [0.2, 0.25) is 22.7 Å². The largest absolute Gasteiger partial charge is 0.454 e. The van der Waals surface area contributed by atoms with Gasteiger partial charge in [0.25, 0.3) is 10.0 Å². The summed E-state index contributed by atoms with van der Waals surface area (Å²) in [5.41, 5.74) is 0.605. The predicted molar refractivity (Wildman–Crippen MR) is 137 cm³/mol. The highest BCUT2D eigenvalue weighted by molar-refractivity contribution is 7.92. The average molecular weight is 572 g/mol. The molecular weight excluding hydrogens is 553 g/mol. The lowest BCUT2D eigenvalue weighted by Crippen LogP contribution is -2.37. The molecule has 190 valence electrons. The van der Waals surface area contributed by atoms with Crippen molar-refractivity contribution in [2.75, 3.05) is 33.9 Å². The molecule has 0 unspecified atom stereocenters. The van der Waals surface area contributed by atoms with Crippen LogP contribution in [0.25, 0.3) is 0 Å². The zero-order valence-electron chi connectivity index (χ0n) is 18.6. The normalized spacial score (nSPS) is 12.8. The highest BCUT2D eigenvalue weighted by atomic mass is 35.5. The maximum atomic E-state index is 12.7. The van der Waals surface area contributed by atoms with E-state index in [1.165, 1.54) is 48.5 Å². The van der Waals surface area contributed by atoms with Gasteiger partial charge in [0.15, 0.2) is 11.5 Å². The Balaban J connectivity index is 1.46. The Morgan fingerprint density at radius 2 is 1.67 bits per heavy atom. The van der Waals surface area contributed by atoms with Crippen molar-refractivity contribution in [1.29, 1.82) is 0 Å². The number of hydrogen-bond acceptors (Lipinski definition) is 7. The third kappa shape index (κ3) is 5.78. The van der Waals surface area contributed by atoms with E-state index >= 15 is 0 Å². The highest BCUT2D eigenvalue weighted by Gasteiger charge is 2.24. The van der Waals surface area contributed by atoms with Crippen LogP contribution < -0.4 is 23.8 Å². The highest BCUT2D eigenvalue weighted by Crippen LogP contribution is 2.36. The third-order valence-electron chi connectivity index (χ3n) is 4.98. The first-order valence-electron chi connectivity index (χ1n) is 10.2. The van der Waals surface area contributed by atoms with Crippen LogP contribution in [0.3, 0.4) is 0 Å². The standard InChI is InChI=1S/C22H19Cl2N3O7S2/c1-35(29,30)27(15-7-10-19-20(11-15)34-13-33-19)12-21(28)25-14-5-8-16(9-6-14)36(31,32)26-18-4-2-3-17(23)22(18)24/h2-11,26H,12-13H2,1H3,(H,25,28). The van der Waals surface area contributed by atoms with Crippen molar-refractivity contribution in [2.24, 2.45) is 0 Å². The number of benzene rings is 3.